The third-order valence-corrected chi connectivity index (χ3v) is 5.91. The molecule has 0 radical (unpaired) electrons. The van der Waals surface area contributed by atoms with E-state index in [2.05, 4.69) is 25.4 Å². The zero-order valence-electron chi connectivity index (χ0n) is 16.0. The van der Waals surface area contributed by atoms with Crippen LogP contribution in [-0.4, -0.2) is 85.1 Å². The number of urea groups is 1. The molecule has 4 rings (SSSR count). The molecule has 8 heteroatoms. The SMILES string of the molecule is CN(C)C(=O)c1cc(N2CCC3C(C2)NC(=O)N3C2CCNCC2)ccn1. The number of rotatable bonds is 3. The Labute approximate surface area is 159 Å². The lowest BCUT2D eigenvalue weighted by atomic mass is 9.96. The highest BCUT2D eigenvalue weighted by Crippen LogP contribution is 2.30. The van der Waals surface area contributed by atoms with Gasteiger partial charge in [0.25, 0.3) is 5.91 Å². The lowest BCUT2D eigenvalue weighted by molar-refractivity contribution is 0.0822. The summed E-state index contributed by atoms with van der Waals surface area (Å²) in [6.07, 6.45) is 4.68. The maximum atomic E-state index is 12.6. The lowest BCUT2D eigenvalue weighted by Gasteiger charge is -2.41. The quantitative estimate of drug-likeness (QED) is 0.808. The Morgan fingerprint density at radius 2 is 2.04 bits per heavy atom. The van der Waals surface area contributed by atoms with Gasteiger partial charge < -0.3 is 25.3 Å². The predicted octanol–water partition coefficient (Wildman–Crippen LogP) is 0.508. The summed E-state index contributed by atoms with van der Waals surface area (Å²) in [6.45, 7) is 3.60. The number of aromatic nitrogens is 1. The van der Waals surface area contributed by atoms with Gasteiger partial charge in [-0.25, -0.2) is 4.79 Å². The van der Waals surface area contributed by atoms with Gasteiger partial charge in [-0.05, 0) is 44.5 Å². The standard InChI is InChI=1S/C19H28N6O2/c1-23(2)18(26)15-11-14(5-9-21-15)24-10-6-17-16(12-24)22-19(27)25(17)13-3-7-20-8-4-13/h5,9,11,13,16-17,20H,3-4,6-8,10,12H2,1-2H3,(H,22,27). The number of carbonyl (C=O) groups excluding carboxylic acids is 2. The summed E-state index contributed by atoms with van der Waals surface area (Å²) in [5.41, 5.74) is 1.44. The highest BCUT2D eigenvalue weighted by molar-refractivity contribution is 5.92. The molecule has 2 N–H and O–H groups in total. The second kappa shape index (κ2) is 7.34. The molecule has 0 aromatic carbocycles. The fourth-order valence-corrected chi connectivity index (χ4v) is 4.52. The van der Waals surface area contributed by atoms with Crippen molar-refractivity contribution in [2.24, 2.45) is 0 Å². The fraction of sp³-hybridized carbons (Fsp3) is 0.632. The summed E-state index contributed by atoms with van der Waals surface area (Å²) in [4.78, 5) is 34.9. The fourth-order valence-electron chi connectivity index (χ4n) is 4.52. The Kier molecular flexibility index (Phi) is 4.90. The number of nitrogens with one attached hydrogen (secondary N) is 2. The van der Waals surface area contributed by atoms with Gasteiger partial charge in [0.1, 0.15) is 5.69 Å². The average Bonchev–Trinajstić information content (AvgIpc) is 3.02. The summed E-state index contributed by atoms with van der Waals surface area (Å²) >= 11 is 0. The molecule has 146 valence electrons. The molecule has 0 aliphatic carbocycles. The third kappa shape index (κ3) is 3.45. The summed E-state index contributed by atoms with van der Waals surface area (Å²) in [7, 11) is 3.46. The van der Waals surface area contributed by atoms with Crippen LogP contribution in [0.15, 0.2) is 18.3 Å². The Balaban J connectivity index is 1.47. The molecule has 1 aromatic rings. The highest BCUT2D eigenvalue weighted by atomic mass is 16.2. The van der Waals surface area contributed by atoms with Crippen molar-refractivity contribution < 1.29 is 9.59 Å². The topological polar surface area (TPSA) is 80.8 Å². The van der Waals surface area contributed by atoms with E-state index in [0.717, 1.165) is 51.1 Å². The van der Waals surface area contributed by atoms with Crippen LogP contribution in [-0.2, 0) is 0 Å². The molecule has 3 saturated heterocycles. The number of fused-ring (bicyclic) bond motifs is 1. The molecule has 3 fully saturated rings. The van der Waals surface area contributed by atoms with Gasteiger partial charge in [-0.2, -0.15) is 0 Å². The lowest BCUT2D eigenvalue weighted by Crippen LogP contribution is -2.54. The van der Waals surface area contributed by atoms with Crippen LogP contribution >= 0.6 is 0 Å². The summed E-state index contributed by atoms with van der Waals surface area (Å²) in [5, 5.41) is 6.57. The molecule has 3 amide bonds. The number of piperidine rings is 2. The number of anilines is 1. The van der Waals surface area contributed by atoms with E-state index in [9.17, 15) is 9.59 Å². The molecular formula is C19H28N6O2. The van der Waals surface area contributed by atoms with Crippen LogP contribution in [0.4, 0.5) is 10.5 Å². The maximum Gasteiger partial charge on any atom is 0.318 e. The first-order valence-corrected chi connectivity index (χ1v) is 9.77. The molecule has 3 aliphatic heterocycles. The average molecular weight is 372 g/mol. The van der Waals surface area contributed by atoms with Crippen molar-refractivity contribution in [1.29, 1.82) is 0 Å². The summed E-state index contributed by atoms with van der Waals surface area (Å²) in [5.74, 6) is -0.0991. The van der Waals surface area contributed by atoms with Gasteiger partial charge in [-0.1, -0.05) is 0 Å². The van der Waals surface area contributed by atoms with Crippen molar-refractivity contribution in [1.82, 2.24) is 25.4 Å². The van der Waals surface area contributed by atoms with Crippen molar-refractivity contribution in [3.05, 3.63) is 24.0 Å². The van der Waals surface area contributed by atoms with Gasteiger partial charge in [-0.3, -0.25) is 9.78 Å². The molecule has 1 aromatic heterocycles. The molecule has 2 unspecified atom stereocenters. The monoisotopic (exact) mass is 372 g/mol. The number of nitrogens with zero attached hydrogens (tertiary/aromatic N) is 4. The first-order valence-electron chi connectivity index (χ1n) is 9.77. The maximum absolute atomic E-state index is 12.6. The van der Waals surface area contributed by atoms with E-state index in [1.807, 2.05) is 12.1 Å². The Bertz CT molecular complexity index is 718. The third-order valence-electron chi connectivity index (χ3n) is 5.91. The molecule has 27 heavy (non-hydrogen) atoms. The van der Waals surface area contributed by atoms with Crippen LogP contribution in [0.5, 0.6) is 0 Å². The van der Waals surface area contributed by atoms with Crippen molar-refractivity contribution in [2.45, 2.75) is 37.4 Å². The smallest absolute Gasteiger partial charge is 0.318 e. The number of amides is 3. The number of hydrogen-bond acceptors (Lipinski definition) is 5. The number of hydrogen-bond donors (Lipinski definition) is 2. The van der Waals surface area contributed by atoms with Gasteiger partial charge in [0, 0.05) is 45.1 Å². The van der Waals surface area contributed by atoms with Crippen LogP contribution < -0.4 is 15.5 Å². The minimum Gasteiger partial charge on any atom is -0.369 e. The Morgan fingerprint density at radius 3 is 2.78 bits per heavy atom. The first kappa shape index (κ1) is 18.0. The van der Waals surface area contributed by atoms with Crippen LogP contribution in [0.1, 0.15) is 29.8 Å². The van der Waals surface area contributed by atoms with E-state index in [0.29, 0.717) is 11.7 Å². The zero-order valence-corrected chi connectivity index (χ0v) is 16.0. The van der Waals surface area contributed by atoms with E-state index >= 15 is 0 Å². The second-order valence-electron chi connectivity index (χ2n) is 7.85. The zero-order chi connectivity index (χ0) is 19.0. The minimum absolute atomic E-state index is 0.0805. The predicted molar refractivity (Wildman–Crippen MR) is 103 cm³/mol. The van der Waals surface area contributed by atoms with E-state index in [4.69, 9.17) is 0 Å². The van der Waals surface area contributed by atoms with Gasteiger partial charge in [-0.15, -0.1) is 0 Å². The second-order valence-corrected chi connectivity index (χ2v) is 7.85. The van der Waals surface area contributed by atoms with E-state index < -0.39 is 0 Å². The van der Waals surface area contributed by atoms with Gasteiger partial charge in [0.15, 0.2) is 0 Å². The van der Waals surface area contributed by atoms with Crippen LogP contribution in [0, 0.1) is 0 Å². The molecule has 2 atom stereocenters. The Morgan fingerprint density at radius 1 is 1.26 bits per heavy atom. The van der Waals surface area contributed by atoms with Crippen LogP contribution in [0.3, 0.4) is 0 Å². The van der Waals surface area contributed by atoms with Crippen molar-refractivity contribution in [3.8, 4) is 0 Å². The van der Waals surface area contributed by atoms with Crippen LogP contribution in [0.2, 0.25) is 0 Å². The molecule has 0 spiro atoms. The molecule has 8 nitrogen and oxygen atoms in total. The van der Waals surface area contributed by atoms with Crippen molar-refractivity contribution in [2.75, 3.05) is 45.2 Å². The van der Waals surface area contributed by atoms with Gasteiger partial charge in [0.05, 0.1) is 12.1 Å². The molecular weight excluding hydrogens is 344 g/mol. The largest absolute Gasteiger partial charge is 0.369 e. The number of carbonyl (C=O) groups is 2. The minimum atomic E-state index is -0.0991. The molecule has 3 aliphatic rings. The summed E-state index contributed by atoms with van der Waals surface area (Å²) < 4.78 is 0. The van der Waals surface area contributed by atoms with Crippen LogP contribution in [0.25, 0.3) is 0 Å². The van der Waals surface area contributed by atoms with E-state index in [1.54, 1.807) is 20.3 Å². The number of pyridine rings is 1. The molecule has 0 bridgehead atoms. The highest BCUT2D eigenvalue weighted by Gasteiger charge is 2.45. The van der Waals surface area contributed by atoms with E-state index in [-0.39, 0.29) is 24.0 Å². The van der Waals surface area contributed by atoms with Crippen molar-refractivity contribution in [3.63, 3.8) is 0 Å². The Hall–Kier alpha value is -2.35. The summed E-state index contributed by atoms with van der Waals surface area (Å²) in [6, 6.07) is 4.61. The van der Waals surface area contributed by atoms with Crippen molar-refractivity contribution >= 4 is 17.6 Å². The molecule has 4 heterocycles. The normalized spacial score (nSPS) is 25.9. The molecule has 0 saturated carbocycles. The van der Waals surface area contributed by atoms with Gasteiger partial charge in [0.2, 0.25) is 0 Å². The van der Waals surface area contributed by atoms with E-state index in [1.165, 1.54) is 4.90 Å². The van der Waals surface area contributed by atoms with Gasteiger partial charge >= 0.3 is 6.03 Å². The first-order chi connectivity index (χ1) is 13.0.